The Bertz CT molecular complexity index is 150. The minimum atomic E-state index is -0.700. The van der Waals surface area contributed by atoms with E-state index in [0.29, 0.717) is 12.8 Å². The maximum atomic E-state index is 10.1. The summed E-state index contributed by atoms with van der Waals surface area (Å²) in [5, 5.41) is 24.8. The van der Waals surface area contributed by atoms with Crippen molar-refractivity contribution in [2.24, 2.45) is 0 Å². The summed E-state index contributed by atoms with van der Waals surface area (Å²) in [6.07, 6.45) is 2.48. The number of hydrogen-bond donors (Lipinski definition) is 3. The Morgan fingerprint density at radius 2 is 1.93 bits per heavy atom. The first-order valence-electron chi connectivity index (χ1n) is 5.04. The first kappa shape index (κ1) is 16.8. The Morgan fingerprint density at radius 3 is 2.13 bits per heavy atom. The zero-order chi connectivity index (χ0) is 12.3. The van der Waals surface area contributed by atoms with Crippen LogP contribution in [-0.4, -0.2) is 33.6 Å². The molecule has 0 aliphatic rings. The van der Waals surface area contributed by atoms with E-state index in [1.54, 1.807) is 13.8 Å². The topological polar surface area (TPSA) is 87.0 Å². The lowest BCUT2D eigenvalue weighted by molar-refractivity contribution is -0.234. The molecular weight excluding hydrogens is 200 g/mol. The van der Waals surface area contributed by atoms with Crippen molar-refractivity contribution in [1.82, 2.24) is 0 Å². The molecule has 3 N–H and O–H groups in total. The van der Waals surface area contributed by atoms with Gasteiger partial charge in [0.05, 0.1) is 5.60 Å². The summed E-state index contributed by atoms with van der Waals surface area (Å²) >= 11 is 0. The molecule has 0 saturated heterocycles. The van der Waals surface area contributed by atoms with Gasteiger partial charge in [-0.3, -0.25) is 0 Å². The molecule has 15 heavy (non-hydrogen) atoms. The van der Waals surface area contributed by atoms with Crippen molar-refractivity contribution in [2.45, 2.75) is 52.1 Å². The lowest BCUT2D eigenvalue weighted by atomic mass is 10.1. The van der Waals surface area contributed by atoms with Gasteiger partial charge in [-0.15, -0.1) is 0 Å². The van der Waals surface area contributed by atoms with Crippen LogP contribution in [0.4, 0.5) is 0 Å². The Balaban J connectivity index is 0. The lowest BCUT2D eigenvalue weighted by Crippen LogP contribution is -2.19. The highest BCUT2D eigenvalue weighted by Gasteiger charge is 2.09. The van der Waals surface area contributed by atoms with Crippen LogP contribution in [0.1, 0.15) is 46.5 Å². The molecule has 0 aromatic carbocycles. The predicted molar refractivity (Wildman–Crippen MR) is 56.2 cm³/mol. The van der Waals surface area contributed by atoms with E-state index in [4.69, 9.17) is 15.5 Å². The fourth-order valence-corrected chi connectivity index (χ4v) is 0.640. The minimum Gasteiger partial charge on any atom is -0.396 e. The molecule has 0 aromatic heterocycles. The second kappa shape index (κ2) is 9.89. The molecule has 5 heteroatoms. The summed E-state index contributed by atoms with van der Waals surface area (Å²) < 4.78 is 0. The zero-order valence-electron chi connectivity index (χ0n) is 9.69. The summed E-state index contributed by atoms with van der Waals surface area (Å²) in [4.78, 5) is 13.5. The molecule has 0 unspecified atom stereocenters. The van der Waals surface area contributed by atoms with E-state index < -0.39 is 11.6 Å². The van der Waals surface area contributed by atoms with Crippen molar-refractivity contribution in [2.75, 3.05) is 6.61 Å². The SMILES string of the molecule is CC(C)(O)CCO.CCCCC(=O)OO. The van der Waals surface area contributed by atoms with Crippen LogP contribution < -0.4 is 0 Å². The first-order valence-corrected chi connectivity index (χ1v) is 5.04. The summed E-state index contributed by atoms with van der Waals surface area (Å²) in [6, 6.07) is 0. The standard InChI is InChI=1S/C5H10O3.C5H12O2/c1-2-3-4-5(6)8-7;1-5(2,7)3-4-6/h7H,2-4H2,1H3;6-7H,3-4H2,1-2H3. The molecular formula is C10H22O5. The Hall–Kier alpha value is -0.650. The third-order valence-electron chi connectivity index (χ3n) is 1.56. The molecule has 92 valence electrons. The van der Waals surface area contributed by atoms with Gasteiger partial charge in [0.15, 0.2) is 0 Å². The summed E-state index contributed by atoms with van der Waals surface area (Å²) in [5.41, 5.74) is -0.700. The van der Waals surface area contributed by atoms with E-state index in [-0.39, 0.29) is 6.61 Å². The van der Waals surface area contributed by atoms with Crippen LogP contribution in [0, 0.1) is 0 Å². The van der Waals surface area contributed by atoms with Crippen molar-refractivity contribution in [1.29, 1.82) is 0 Å². The summed E-state index contributed by atoms with van der Waals surface area (Å²) in [6.45, 7) is 5.36. The molecule has 0 aromatic rings. The highest BCUT2D eigenvalue weighted by molar-refractivity contribution is 5.68. The van der Waals surface area contributed by atoms with Crippen LogP contribution in [-0.2, 0) is 9.68 Å². The smallest absolute Gasteiger partial charge is 0.342 e. The van der Waals surface area contributed by atoms with Crippen LogP contribution >= 0.6 is 0 Å². The number of unbranched alkanes of at least 4 members (excludes halogenated alkanes) is 1. The highest BCUT2D eigenvalue weighted by atomic mass is 17.1. The molecule has 0 aliphatic heterocycles. The van der Waals surface area contributed by atoms with Gasteiger partial charge in [-0.2, -0.15) is 5.26 Å². The fraction of sp³-hybridized carbons (Fsp3) is 0.900. The molecule has 0 atom stereocenters. The van der Waals surface area contributed by atoms with Crippen molar-refractivity contribution in [3.63, 3.8) is 0 Å². The van der Waals surface area contributed by atoms with Crippen LogP contribution in [0.25, 0.3) is 0 Å². The van der Waals surface area contributed by atoms with Gasteiger partial charge in [0.1, 0.15) is 0 Å². The van der Waals surface area contributed by atoms with Crippen molar-refractivity contribution in [3.8, 4) is 0 Å². The predicted octanol–water partition coefficient (Wildman–Crippen LogP) is 1.33. The van der Waals surface area contributed by atoms with Gasteiger partial charge in [0.2, 0.25) is 0 Å². The zero-order valence-corrected chi connectivity index (χ0v) is 9.69. The van der Waals surface area contributed by atoms with E-state index >= 15 is 0 Å². The van der Waals surface area contributed by atoms with E-state index in [1.165, 1.54) is 0 Å². The van der Waals surface area contributed by atoms with E-state index in [9.17, 15) is 4.79 Å². The van der Waals surface area contributed by atoms with Gasteiger partial charge in [0.25, 0.3) is 0 Å². The van der Waals surface area contributed by atoms with Crippen LogP contribution in [0.15, 0.2) is 0 Å². The maximum absolute atomic E-state index is 10.1. The quantitative estimate of drug-likeness (QED) is 0.482. The van der Waals surface area contributed by atoms with Gasteiger partial charge < -0.3 is 15.1 Å². The molecule has 0 saturated carbocycles. The number of aliphatic hydroxyl groups is 2. The fourth-order valence-electron chi connectivity index (χ4n) is 0.640. The first-order chi connectivity index (χ1) is 6.87. The average Bonchev–Trinajstić information content (AvgIpc) is 2.13. The Labute approximate surface area is 90.6 Å². The molecule has 0 aliphatic carbocycles. The van der Waals surface area contributed by atoms with Gasteiger partial charge in [-0.25, -0.2) is 4.79 Å². The molecule has 0 spiro atoms. The maximum Gasteiger partial charge on any atom is 0.342 e. The van der Waals surface area contributed by atoms with Crippen molar-refractivity contribution >= 4 is 5.97 Å². The third-order valence-corrected chi connectivity index (χ3v) is 1.56. The minimum absolute atomic E-state index is 0.0590. The molecule has 0 rings (SSSR count). The Morgan fingerprint density at radius 1 is 1.40 bits per heavy atom. The van der Waals surface area contributed by atoms with E-state index in [0.717, 1.165) is 12.8 Å². The molecule has 5 nitrogen and oxygen atoms in total. The monoisotopic (exact) mass is 222 g/mol. The number of aliphatic hydroxyl groups excluding tert-OH is 1. The van der Waals surface area contributed by atoms with Gasteiger partial charge in [0, 0.05) is 13.0 Å². The average molecular weight is 222 g/mol. The number of carbonyl (C=O) groups is 1. The molecule has 0 amide bonds. The second-order valence-corrected chi connectivity index (χ2v) is 3.85. The highest BCUT2D eigenvalue weighted by Crippen LogP contribution is 2.04. The summed E-state index contributed by atoms with van der Waals surface area (Å²) in [5.74, 6) is -0.549. The molecule has 0 radical (unpaired) electrons. The molecule has 0 bridgehead atoms. The summed E-state index contributed by atoms with van der Waals surface area (Å²) in [7, 11) is 0. The third kappa shape index (κ3) is 19.7. The van der Waals surface area contributed by atoms with Gasteiger partial charge in [-0.05, 0) is 26.7 Å². The van der Waals surface area contributed by atoms with E-state index in [1.807, 2.05) is 6.92 Å². The molecule has 0 fully saturated rings. The Kier molecular flexibility index (Phi) is 11.1. The number of rotatable bonds is 5. The largest absolute Gasteiger partial charge is 0.396 e. The van der Waals surface area contributed by atoms with Crippen LogP contribution in [0.3, 0.4) is 0 Å². The number of carbonyl (C=O) groups excluding carboxylic acids is 1. The second-order valence-electron chi connectivity index (χ2n) is 3.85. The normalized spacial score (nSPS) is 10.3. The number of hydrogen-bond acceptors (Lipinski definition) is 5. The van der Waals surface area contributed by atoms with Crippen LogP contribution in [0.2, 0.25) is 0 Å². The van der Waals surface area contributed by atoms with Crippen molar-refractivity contribution in [3.05, 3.63) is 0 Å². The lowest BCUT2D eigenvalue weighted by Gasteiger charge is -2.13. The van der Waals surface area contributed by atoms with Gasteiger partial charge in [-0.1, -0.05) is 13.3 Å². The van der Waals surface area contributed by atoms with Crippen molar-refractivity contribution < 1.29 is 25.2 Å². The van der Waals surface area contributed by atoms with E-state index in [2.05, 4.69) is 4.89 Å². The van der Waals surface area contributed by atoms with Crippen LogP contribution in [0.5, 0.6) is 0 Å². The van der Waals surface area contributed by atoms with Gasteiger partial charge >= 0.3 is 5.97 Å². The molecule has 0 heterocycles.